The van der Waals surface area contributed by atoms with Gasteiger partial charge in [0.25, 0.3) is 0 Å². The number of piperazine rings is 1. The first-order chi connectivity index (χ1) is 11.1. The van der Waals surface area contributed by atoms with Gasteiger partial charge < -0.3 is 14.5 Å². The lowest BCUT2D eigenvalue weighted by Crippen LogP contribution is -2.56. The molecule has 1 aromatic heterocycles. The largest absolute Gasteiger partial charge is 0.496 e. The molecule has 128 valence electrons. The molecule has 23 heavy (non-hydrogen) atoms. The van der Waals surface area contributed by atoms with Crippen molar-refractivity contribution in [1.82, 2.24) is 14.8 Å². The summed E-state index contributed by atoms with van der Waals surface area (Å²) >= 11 is 0. The van der Waals surface area contributed by atoms with Gasteiger partial charge in [-0.2, -0.15) is 0 Å². The molecule has 2 aliphatic heterocycles. The molecule has 0 radical (unpaired) electrons. The fraction of sp³-hybridized carbons (Fsp3) is 0.722. The topological polar surface area (TPSA) is 31.8 Å². The van der Waals surface area contributed by atoms with Crippen LogP contribution in [0.25, 0.3) is 0 Å². The average Bonchev–Trinajstić information content (AvgIpc) is 2.56. The third-order valence-corrected chi connectivity index (χ3v) is 5.42. The summed E-state index contributed by atoms with van der Waals surface area (Å²) in [4.78, 5) is 12.2. The van der Waals surface area contributed by atoms with Crippen molar-refractivity contribution in [2.75, 3.05) is 51.8 Å². The molecule has 3 rings (SSSR count). The fourth-order valence-corrected chi connectivity index (χ4v) is 3.89. The summed E-state index contributed by atoms with van der Waals surface area (Å²) in [6.07, 6.45) is 4.53. The molecule has 5 heteroatoms. The van der Waals surface area contributed by atoms with Gasteiger partial charge in [0.2, 0.25) is 0 Å². The smallest absolute Gasteiger partial charge is 0.132 e. The van der Waals surface area contributed by atoms with Gasteiger partial charge in [0, 0.05) is 49.5 Å². The standard InChI is InChI=1S/C18H30N4O/c1-14-12-19-18(11-17(14)23-4)22-10-9-21(13-15(22)2)16-5-7-20(3)8-6-16/h11-12,15-16H,5-10,13H2,1-4H3. The lowest BCUT2D eigenvalue weighted by Gasteiger charge is -2.45. The van der Waals surface area contributed by atoms with Crippen molar-refractivity contribution in [3.05, 3.63) is 17.8 Å². The molecular formula is C18H30N4O. The number of nitrogens with zero attached hydrogens (tertiary/aromatic N) is 4. The third kappa shape index (κ3) is 3.61. The molecule has 0 aliphatic carbocycles. The molecule has 2 saturated heterocycles. The van der Waals surface area contributed by atoms with E-state index in [1.165, 1.54) is 25.9 Å². The Morgan fingerprint density at radius 3 is 2.57 bits per heavy atom. The zero-order valence-corrected chi connectivity index (χ0v) is 15.0. The van der Waals surface area contributed by atoms with E-state index in [0.717, 1.165) is 42.8 Å². The number of hydrogen-bond acceptors (Lipinski definition) is 5. The summed E-state index contributed by atoms with van der Waals surface area (Å²) in [5, 5.41) is 0. The van der Waals surface area contributed by atoms with Crippen molar-refractivity contribution in [3.8, 4) is 5.75 Å². The third-order valence-electron chi connectivity index (χ3n) is 5.42. The molecule has 0 saturated carbocycles. The van der Waals surface area contributed by atoms with Crippen molar-refractivity contribution in [2.24, 2.45) is 0 Å². The summed E-state index contributed by atoms with van der Waals surface area (Å²) < 4.78 is 5.46. The van der Waals surface area contributed by atoms with Gasteiger partial charge in [-0.1, -0.05) is 0 Å². The Labute approximate surface area is 140 Å². The molecule has 1 aromatic rings. The van der Waals surface area contributed by atoms with Crippen LogP contribution in [0.2, 0.25) is 0 Å². The van der Waals surface area contributed by atoms with E-state index in [2.05, 4.69) is 39.7 Å². The van der Waals surface area contributed by atoms with Crippen LogP contribution in [-0.4, -0.2) is 73.7 Å². The maximum absolute atomic E-state index is 5.46. The monoisotopic (exact) mass is 318 g/mol. The van der Waals surface area contributed by atoms with E-state index in [1.54, 1.807) is 7.11 Å². The predicted molar refractivity (Wildman–Crippen MR) is 94.4 cm³/mol. The first-order valence-electron chi connectivity index (χ1n) is 8.78. The Kier molecular flexibility index (Phi) is 5.07. The Bertz CT molecular complexity index is 528. The molecular weight excluding hydrogens is 288 g/mol. The van der Waals surface area contributed by atoms with Crippen molar-refractivity contribution >= 4 is 5.82 Å². The van der Waals surface area contributed by atoms with Crippen molar-refractivity contribution in [1.29, 1.82) is 0 Å². The predicted octanol–water partition coefficient (Wildman–Crippen LogP) is 2.00. The molecule has 5 nitrogen and oxygen atoms in total. The lowest BCUT2D eigenvalue weighted by atomic mass is 10.0. The summed E-state index contributed by atoms with van der Waals surface area (Å²) in [6.45, 7) is 10.1. The molecule has 0 N–H and O–H groups in total. The normalized spacial score (nSPS) is 24.9. The number of ether oxygens (including phenoxy) is 1. The molecule has 0 amide bonds. The van der Waals surface area contributed by atoms with Gasteiger partial charge in [0.1, 0.15) is 11.6 Å². The molecule has 0 spiro atoms. The Balaban J connectivity index is 1.64. The van der Waals surface area contributed by atoms with Crippen molar-refractivity contribution in [3.63, 3.8) is 0 Å². The van der Waals surface area contributed by atoms with Crippen molar-refractivity contribution in [2.45, 2.75) is 38.8 Å². The number of methoxy groups -OCH3 is 1. The number of aromatic nitrogens is 1. The number of aryl methyl sites for hydroxylation is 1. The maximum Gasteiger partial charge on any atom is 0.132 e. The Morgan fingerprint density at radius 2 is 1.91 bits per heavy atom. The minimum absolute atomic E-state index is 0.489. The van der Waals surface area contributed by atoms with Gasteiger partial charge in [0.15, 0.2) is 0 Å². The van der Waals surface area contributed by atoms with Crippen LogP contribution >= 0.6 is 0 Å². The van der Waals surface area contributed by atoms with Gasteiger partial charge in [-0.3, -0.25) is 4.90 Å². The zero-order valence-electron chi connectivity index (χ0n) is 15.0. The minimum Gasteiger partial charge on any atom is -0.496 e. The van der Waals surface area contributed by atoms with Gasteiger partial charge >= 0.3 is 0 Å². The summed E-state index contributed by atoms with van der Waals surface area (Å²) in [6, 6.07) is 3.33. The van der Waals surface area contributed by atoms with Crippen LogP contribution in [0.15, 0.2) is 12.3 Å². The maximum atomic E-state index is 5.46. The number of pyridine rings is 1. The van der Waals surface area contributed by atoms with E-state index in [9.17, 15) is 0 Å². The SMILES string of the molecule is COc1cc(N2CCN(C3CCN(C)CC3)CC2C)ncc1C. The average molecular weight is 318 g/mol. The van der Waals surface area contributed by atoms with E-state index in [0.29, 0.717) is 6.04 Å². The van der Waals surface area contributed by atoms with Crippen LogP contribution in [0.1, 0.15) is 25.3 Å². The van der Waals surface area contributed by atoms with E-state index in [-0.39, 0.29) is 0 Å². The second-order valence-electron chi connectivity index (χ2n) is 7.08. The van der Waals surface area contributed by atoms with E-state index in [4.69, 9.17) is 4.74 Å². The fourth-order valence-electron chi connectivity index (χ4n) is 3.89. The summed E-state index contributed by atoms with van der Waals surface area (Å²) in [7, 11) is 3.96. The molecule has 0 bridgehead atoms. The van der Waals surface area contributed by atoms with E-state index >= 15 is 0 Å². The van der Waals surface area contributed by atoms with Crippen LogP contribution in [0, 0.1) is 6.92 Å². The number of anilines is 1. The van der Waals surface area contributed by atoms with Gasteiger partial charge in [-0.15, -0.1) is 0 Å². The first-order valence-corrected chi connectivity index (χ1v) is 8.78. The molecule has 1 unspecified atom stereocenters. The van der Waals surface area contributed by atoms with Gasteiger partial charge in [-0.25, -0.2) is 4.98 Å². The van der Waals surface area contributed by atoms with E-state index < -0.39 is 0 Å². The quantitative estimate of drug-likeness (QED) is 0.851. The van der Waals surface area contributed by atoms with Crippen LogP contribution in [0.3, 0.4) is 0 Å². The van der Waals surface area contributed by atoms with Gasteiger partial charge in [-0.05, 0) is 46.8 Å². The number of likely N-dealkylation sites (tertiary alicyclic amines) is 1. The van der Waals surface area contributed by atoms with Crippen LogP contribution in [-0.2, 0) is 0 Å². The van der Waals surface area contributed by atoms with Crippen LogP contribution in [0.5, 0.6) is 5.75 Å². The highest BCUT2D eigenvalue weighted by molar-refractivity contribution is 5.48. The number of rotatable bonds is 3. The Morgan fingerprint density at radius 1 is 1.17 bits per heavy atom. The van der Waals surface area contributed by atoms with Crippen LogP contribution in [0.4, 0.5) is 5.82 Å². The minimum atomic E-state index is 0.489. The van der Waals surface area contributed by atoms with E-state index in [1.807, 2.05) is 13.1 Å². The summed E-state index contributed by atoms with van der Waals surface area (Å²) in [5.41, 5.74) is 1.09. The molecule has 3 heterocycles. The lowest BCUT2D eigenvalue weighted by molar-refractivity contribution is 0.104. The highest BCUT2D eigenvalue weighted by Crippen LogP contribution is 2.27. The second-order valence-corrected chi connectivity index (χ2v) is 7.08. The highest BCUT2D eigenvalue weighted by atomic mass is 16.5. The van der Waals surface area contributed by atoms with Crippen molar-refractivity contribution < 1.29 is 4.74 Å². The second kappa shape index (κ2) is 7.05. The highest BCUT2D eigenvalue weighted by Gasteiger charge is 2.30. The van der Waals surface area contributed by atoms with Crippen LogP contribution < -0.4 is 9.64 Å². The molecule has 2 aliphatic rings. The van der Waals surface area contributed by atoms with Gasteiger partial charge in [0.05, 0.1) is 7.11 Å². The molecule has 2 fully saturated rings. The molecule has 0 aromatic carbocycles. The molecule has 1 atom stereocenters. The number of hydrogen-bond donors (Lipinski definition) is 0. The first kappa shape index (κ1) is 16.5. The Hall–Kier alpha value is -1.33. The summed E-state index contributed by atoms with van der Waals surface area (Å²) in [5.74, 6) is 1.97. The zero-order chi connectivity index (χ0) is 16.4. The number of piperidine rings is 1.